The average molecular weight is 1120 g/mol. The molecular formula is C66H121O11P. The molecular weight excluding hydrogens is 1000 g/mol. The minimum absolute atomic E-state index is 0.163. The van der Waals surface area contributed by atoms with Gasteiger partial charge in [0, 0.05) is 19.3 Å². The highest BCUT2D eigenvalue weighted by Gasteiger charge is 2.28. The van der Waals surface area contributed by atoms with Crippen molar-refractivity contribution in [3.8, 4) is 0 Å². The molecule has 0 aliphatic rings. The summed E-state index contributed by atoms with van der Waals surface area (Å²) < 4.78 is 39.7. The third kappa shape index (κ3) is 58.1. The van der Waals surface area contributed by atoms with Crippen LogP contribution in [0.15, 0.2) is 48.6 Å². The van der Waals surface area contributed by atoms with E-state index in [1.807, 2.05) is 0 Å². The maximum absolute atomic E-state index is 12.9. The van der Waals surface area contributed by atoms with Gasteiger partial charge < -0.3 is 24.2 Å². The number of aliphatic hydroxyl groups is 1. The summed E-state index contributed by atoms with van der Waals surface area (Å²) in [6, 6.07) is 0. The van der Waals surface area contributed by atoms with E-state index in [0.717, 1.165) is 89.9 Å². The van der Waals surface area contributed by atoms with Gasteiger partial charge in [-0.25, -0.2) is 4.57 Å². The van der Waals surface area contributed by atoms with Crippen molar-refractivity contribution in [3.63, 3.8) is 0 Å². The Hall–Kier alpha value is -2.56. The minimum atomic E-state index is -4.75. The normalized spacial score (nSPS) is 13.6. The number of phosphoric acid groups is 1. The summed E-state index contributed by atoms with van der Waals surface area (Å²) in [5, 5.41) is 9.86. The van der Waals surface area contributed by atoms with Gasteiger partial charge in [0.1, 0.15) is 12.7 Å². The molecule has 3 unspecified atom stereocenters. The second-order valence-corrected chi connectivity index (χ2v) is 23.4. The van der Waals surface area contributed by atoms with E-state index in [0.29, 0.717) is 19.3 Å². The maximum Gasteiger partial charge on any atom is 0.472 e. The minimum Gasteiger partial charge on any atom is -0.462 e. The van der Waals surface area contributed by atoms with Crippen LogP contribution in [-0.4, -0.2) is 66.5 Å². The fourth-order valence-electron chi connectivity index (χ4n) is 9.20. The van der Waals surface area contributed by atoms with Crippen molar-refractivity contribution in [1.82, 2.24) is 0 Å². The van der Waals surface area contributed by atoms with Gasteiger partial charge in [0.25, 0.3) is 0 Å². The summed E-state index contributed by atoms with van der Waals surface area (Å²) in [6.07, 6.45) is 66.3. The maximum atomic E-state index is 12.9. The number of allylic oxidation sites excluding steroid dienone is 8. The molecule has 0 fully saturated rings. The topological polar surface area (TPSA) is 155 Å². The van der Waals surface area contributed by atoms with Gasteiger partial charge >= 0.3 is 25.7 Å². The van der Waals surface area contributed by atoms with E-state index in [4.69, 9.17) is 23.3 Å². The summed E-state index contributed by atoms with van der Waals surface area (Å²) in [4.78, 5) is 48.7. The summed E-state index contributed by atoms with van der Waals surface area (Å²) >= 11 is 0. The second-order valence-electron chi connectivity index (χ2n) is 21.9. The molecule has 0 aromatic heterocycles. The molecule has 0 heterocycles. The molecule has 78 heavy (non-hydrogen) atoms. The van der Waals surface area contributed by atoms with E-state index in [2.05, 4.69) is 69.4 Å². The Morgan fingerprint density at radius 2 is 0.628 bits per heavy atom. The first kappa shape index (κ1) is 75.4. The predicted molar refractivity (Wildman–Crippen MR) is 325 cm³/mol. The lowest BCUT2D eigenvalue weighted by atomic mass is 10.1. The van der Waals surface area contributed by atoms with Crippen molar-refractivity contribution < 1.29 is 52.2 Å². The first-order valence-electron chi connectivity index (χ1n) is 32.5. The van der Waals surface area contributed by atoms with Crippen molar-refractivity contribution in [1.29, 1.82) is 0 Å². The Bertz CT molecular complexity index is 1490. The molecule has 0 aromatic carbocycles. The smallest absolute Gasteiger partial charge is 0.462 e. The van der Waals surface area contributed by atoms with Crippen molar-refractivity contribution in [3.05, 3.63) is 48.6 Å². The lowest BCUT2D eigenvalue weighted by molar-refractivity contribution is -0.161. The van der Waals surface area contributed by atoms with E-state index in [9.17, 15) is 28.9 Å². The number of hydrogen-bond acceptors (Lipinski definition) is 10. The number of rotatable bonds is 61. The Balaban J connectivity index is 4.63. The first-order chi connectivity index (χ1) is 38.2. The van der Waals surface area contributed by atoms with Crippen molar-refractivity contribution in [2.45, 2.75) is 328 Å². The zero-order chi connectivity index (χ0) is 56.9. The standard InChI is InChI=1S/C66H121O11P/c1-4-7-10-13-16-19-22-25-27-29-31-33-35-38-41-44-47-50-53-56-65(69)76-62(58-67)60-74-78(71,72)75-61-63(59-73-64(68)55-52-49-46-43-40-37-24-21-18-15-12-9-6-3)77-66(70)57-54-51-48-45-42-39-36-34-32-30-28-26-23-20-17-14-11-8-5-2/h17,20-21,24-28,62-63,67H,4-16,18-19,22-23,29-61H2,1-3H3,(H,71,72)/b20-17-,24-21-,27-25-,28-26-. The van der Waals surface area contributed by atoms with Crippen molar-refractivity contribution in [2.75, 3.05) is 26.4 Å². The van der Waals surface area contributed by atoms with Crippen molar-refractivity contribution in [2.24, 2.45) is 0 Å². The van der Waals surface area contributed by atoms with Gasteiger partial charge in [-0.2, -0.15) is 0 Å². The molecule has 12 heteroatoms. The summed E-state index contributed by atoms with van der Waals surface area (Å²) in [6.45, 7) is 4.64. The molecule has 0 aliphatic heterocycles. The van der Waals surface area contributed by atoms with Gasteiger partial charge in [0.2, 0.25) is 0 Å². The number of aliphatic hydroxyl groups excluding tert-OH is 1. The predicted octanol–water partition coefficient (Wildman–Crippen LogP) is 19.7. The van der Waals surface area contributed by atoms with Gasteiger partial charge in [0.05, 0.1) is 19.8 Å². The Morgan fingerprint density at radius 1 is 0.359 bits per heavy atom. The number of ether oxygens (including phenoxy) is 3. The number of phosphoric ester groups is 1. The Labute approximate surface area is 479 Å². The van der Waals surface area contributed by atoms with E-state index >= 15 is 0 Å². The third-order valence-corrected chi connectivity index (χ3v) is 15.1. The number of hydrogen-bond donors (Lipinski definition) is 2. The molecule has 3 atom stereocenters. The second kappa shape index (κ2) is 60.5. The monoisotopic (exact) mass is 1120 g/mol. The number of unbranched alkanes of at least 4 members (excludes halogenated alkanes) is 36. The molecule has 456 valence electrons. The molecule has 0 amide bonds. The lowest BCUT2D eigenvalue weighted by Gasteiger charge is -2.21. The zero-order valence-corrected chi connectivity index (χ0v) is 51.5. The fraction of sp³-hybridized carbons (Fsp3) is 0.833. The van der Waals surface area contributed by atoms with Crippen LogP contribution in [0.25, 0.3) is 0 Å². The van der Waals surface area contributed by atoms with Crippen LogP contribution in [0.1, 0.15) is 316 Å². The van der Waals surface area contributed by atoms with Crippen molar-refractivity contribution >= 4 is 25.7 Å². The van der Waals surface area contributed by atoms with Crippen LogP contribution in [0.5, 0.6) is 0 Å². The molecule has 0 rings (SSSR count). The Morgan fingerprint density at radius 3 is 1.00 bits per heavy atom. The molecule has 0 saturated heterocycles. The van der Waals surface area contributed by atoms with E-state index < -0.39 is 57.8 Å². The SMILES string of the molecule is CCCCC/C=C\C/C=C\CCCCCCCCCCCC(=O)OC(COC(=O)CCCCCCC/C=C\CCCCCC)COP(=O)(O)OCC(CO)OC(=O)CCCCCCCCCCC/C=C\CCCCCCCC. The quantitative estimate of drug-likeness (QED) is 0.0197. The van der Waals surface area contributed by atoms with Crippen LogP contribution in [0.2, 0.25) is 0 Å². The van der Waals surface area contributed by atoms with E-state index in [1.165, 1.54) is 167 Å². The molecule has 0 saturated carbocycles. The van der Waals surface area contributed by atoms with Crippen LogP contribution >= 0.6 is 7.82 Å². The average Bonchev–Trinajstić information content (AvgIpc) is 3.43. The van der Waals surface area contributed by atoms with Crippen LogP contribution in [-0.2, 0) is 42.2 Å². The first-order valence-corrected chi connectivity index (χ1v) is 34.0. The number of carbonyl (C=O) groups excluding carboxylic acids is 3. The molecule has 0 spiro atoms. The molecule has 0 aliphatic carbocycles. The fourth-order valence-corrected chi connectivity index (χ4v) is 9.99. The van der Waals surface area contributed by atoms with Gasteiger partial charge in [-0.15, -0.1) is 0 Å². The highest BCUT2D eigenvalue weighted by molar-refractivity contribution is 7.47. The van der Waals surface area contributed by atoms with E-state index in [-0.39, 0.29) is 25.9 Å². The number of esters is 3. The zero-order valence-electron chi connectivity index (χ0n) is 50.6. The van der Waals surface area contributed by atoms with Crippen LogP contribution in [0.4, 0.5) is 0 Å². The lowest BCUT2D eigenvalue weighted by Crippen LogP contribution is -2.30. The molecule has 0 bridgehead atoms. The highest BCUT2D eigenvalue weighted by Crippen LogP contribution is 2.43. The highest BCUT2D eigenvalue weighted by atomic mass is 31.2. The summed E-state index contributed by atoms with van der Waals surface area (Å²) in [5.41, 5.74) is 0. The molecule has 0 aromatic rings. The summed E-state index contributed by atoms with van der Waals surface area (Å²) in [5.74, 6) is -1.46. The van der Waals surface area contributed by atoms with Gasteiger partial charge in [0.15, 0.2) is 6.10 Å². The summed E-state index contributed by atoms with van der Waals surface area (Å²) in [7, 11) is -4.75. The number of carbonyl (C=O) groups is 3. The van der Waals surface area contributed by atoms with Crippen LogP contribution < -0.4 is 0 Å². The van der Waals surface area contributed by atoms with Crippen LogP contribution in [0, 0.1) is 0 Å². The van der Waals surface area contributed by atoms with Crippen LogP contribution in [0.3, 0.4) is 0 Å². The van der Waals surface area contributed by atoms with Gasteiger partial charge in [-0.05, 0) is 103 Å². The third-order valence-electron chi connectivity index (χ3n) is 14.2. The molecule has 11 nitrogen and oxygen atoms in total. The van der Waals surface area contributed by atoms with E-state index in [1.54, 1.807) is 0 Å². The van der Waals surface area contributed by atoms with Gasteiger partial charge in [-0.1, -0.05) is 243 Å². The molecule has 0 radical (unpaired) electrons. The largest absolute Gasteiger partial charge is 0.472 e. The van der Waals surface area contributed by atoms with Gasteiger partial charge in [-0.3, -0.25) is 23.4 Å². The molecule has 2 N–H and O–H groups in total. The Kier molecular flexibility index (Phi) is 58.5.